The number of nitrogens with zero attached hydrogens (tertiary/aromatic N) is 3. The first-order valence-corrected chi connectivity index (χ1v) is 16.0. The van der Waals surface area contributed by atoms with Crippen molar-refractivity contribution in [1.82, 2.24) is 19.6 Å². The maximum absolute atomic E-state index is 13.6. The van der Waals surface area contributed by atoms with Crippen LogP contribution in [0, 0.1) is 29.6 Å². The van der Waals surface area contributed by atoms with Crippen molar-refractivity contribution in [2.24, 2.45) is 29.6 Å². The van der Waals surface area contributed by atoms with E-state index in [9.17, 15) is 13.2 Å². The van der Waals surface area contributed by atoms with Crippen molar-refractivity contribution in [2.75, 3.05) is 32.7 Å². The van der Waals surface area contributed by atoms with Gasteiger partial charge in [0.15, 0.2) is 0 Å². The zero-order valence-corrected chi connectivity index (χ0v) is 23.0. The first-order chi connectivity index (χ1) is 16.7. The molecule has 1 aliphatic carbocycles. The highest BCUT2D eigenvalue weighted by Gasteiger charge is 2.49. The van der Waals surface area contributed by atoms with Crippen molar-refractivity contribution >= 4 is 15.9 Å². The second-order valence-electron chi connectivity index (χ2n) is 12.7. The fraction of sp³-hybridized carbons (Fsp3) is 0.963. The lowest BCUT2D eigenvalue weighted by atomic mass is 9.74. The summed E-state index contributed by atoms with van der Waals surface area (Å²) >= 11 is 0. The molecule has 1 N–H and O–H groups in total. The van der Waals surface area contributed by atoms with Crippen LogP contribution in [-0.2, 0) is 14.8 Å². The number of hydrazine groups is 1. The van der Waals surface area contributed by atoms with Gasteiger partial charge >= 0.3 is 0 Å². The summed E-state index contributed by atoms with van der Waals surface area (Å²) in [6, 6.07) is 0.470. The molecule has 0 aromatic carbocycles. The van der Waals surface area contributed by atoms with E-state index in [2.05, 4.69) is 36.1 Å². The Kier molecular flexibility index (Phi) is 7.84. The third kappa shape index (κ3) is 5.32. The average molecular weight is 509 g/mol. The molecule has 0 bridgehead atoms. The Morgan fingerprint density at radius 1 is 0.743 bits per heavy atom. The molecule has 5 fully saturated rings. The van der Waals surface area contributed by atoms with Crippen molar-refractivity contribution in [2.45, 2.75) is 102 Å². The van der Waals surface area contributed by atoms with E-state index in [1.807, 2.05) is 4.31 Å². The summed E-state index contributed by atoms with van der Waals surface area (Å²) in [5.74, 6) is 2.97. The van der Waals surface area contributed by atoms with Gasteiger partial charge in [-0.2, -0.15) is 0 Å². The standard InChI is InChI=1S/C27H48N4O3S/c1-19-4-6-24(7-5-19)35(33,34)30-15-10-22(11-16-30)23-12-17-31-25(18-23)26(21(3)28-31)27(32)29-13-8-20(2)9-14-29/h19-26,28H,4-18H2,1-3H3. The molecule has 0 aromatic rings. The van der Waals surface area contributed by atoms with Gasteiger partial charge in [0.25, 0.3) is 0 Å². The van der Waals surface area contributed by atoms with E-state index in [0.29, 0.717) is 36.8 Å². The van der Waals surface area contributed by atoms with E-state index in [1.54, 1.807) is 0 Å². The minimum absolute atomic E-state index is 0.0420. The van der Waals surface area contributed by atoms with E-state index in [-0.39, 0.29) is 23.3 Å². The quantitative estimate of drug-likeness (QED) is 0.630. The zero-order valence-electron chi connectivity index (χ0n) is 22.2. The molecule has 5 rings (SSSR count). The third-order valence-corrected chi connectivity index (χ3v) is 12.7. The number of carbonyl (C=O) groups excluding carboxylic acids is 1. The molecule has 4 unspecified atom stereocenters. The van der Waals surface area contributed by atoms with Crippen LogP contribution in [0.25, 0.3) is 0 Å². The lowest BCUT2D eigenvalue weighted by molar-refractivity contribution is -0.138. The first-order valence-electron chi connectivity index (χ1n) is 14.5. The molecule has 5 aliphatic rings. The maximum Gasteiger partial charge on any atom is 0.228 e. The van der Waals surface area contributed by atoms with Crippen molar-refractivity contribution in [3.63, 3.8) is 0 Å². The second kappa shape index (κ2) is 10.6. The maximum atomic E-state index is 13.6. The summed E-state index contributed by atoms with van der Waals surface area (Å²) in [4.78, 5) is 15.7. The van der Waals surface area contributed by atoms with E-state index in [1.165, 1.54) is 0 Å². The molecule has 1 saturated carbocycles. The van der Waals surface area contributed by atoms with E-state index < -0.39 is 10.0 Å². The molecule has 0 aromatic heterocycles. The molecular weight excluding hydrogens is 460 g/mol. The molecule has 4 atom stereocenters. The van der Waals surface area contributed by atoms with Gasteiger partial charge in [-0.1, -0.05) is 13.8 Å². The Labute approximate surface area is 213 Å². The van der Waals surface area contributed by atoms with E-state index in [0.717, 1.165) is 89.8 Å². The van der Waals surface area contributed by atoms with Crippen molar-refractivity contribution in [3.05, 3.63) is 0 Å². The normalized spacial score (nSPS) is 39.0. The van der Waals surface area contributed by atoms with Crippen LogP contribution in [0.15, 0.2) is 0 Å². The Morgan fingerprint density at radius 2 is 1.34 bits per heavy atom. The number of rotatable bonds is 4. The predicted octanol–water partition coefficient (Wildman–Crippen LogP) is 3.47. The van der Waals surface area contributed by atoms with Crippen molar-refractivity contribution < 1.29 is 13.2 Å². The monoisotopic (exact) mass is 508 g/mol. The summed E-state index contributed by atoms with van der Waals surface area (Å²) in [5.41, 5.74) is 3.62. The number of nitrogens with one attached hydrogen (secondary N) is 1. The molecule has 0 radical (unpaired) electrons. The van der Waals surface area contributed by atoms with Crippen LogP contribution >= 0.6 is 0 Å². The lowest BCUT2D eigenvalue weighted by Crippen LogP contribution is -2.51. The number of piperidine rings is 3. The Hall–Kier alpha value is -0.700. The third-order valence-electron chi connectivity index (χ3n) is 10.3. The topological polar surface area (TPSA) is 73.0 Å². The van der Waals surface area contributed by atoms with Crippen LogP contribution in [0.4, 0.5) is 0 Å². The number of carbonyl (C=O) groups is 1. The van der Waals surface area contributed by atoms with Gasteiger partial charge in [-0.25, -0.2) is 17.7 Å². The summed E-state index contributed by atoms with van der Waals surface area (Å²) < 4.78 is 28.4. The number of fused-ring (bicyclic) bond motifs is 1. The summed E-state index contributed by atoms with van der Waals surface area (Å²) in [7, 11) is -3.16. The van der Waals surface area contributed by atoms with Crippen LogP contribution < -0.4 is 5.43 Å². The molecule has 4 heterocycles. The van der Waals surface area contributed by atoms with Gasteiger partial charge in [0.05, 0.1) is 11.2 Å². The molecule has 0 spiro atoms. The second-order valence-corrected chi connectivity index (χ2v) is 14.9. The number of hydrogen-bond donors (Lipinski definition) is 1. The van der Waals surface area contributed by atoms with E-state index >= 15 is 0 Å². The Balaban J connectivity index is 1.17. The highest BCUT2D eigenvalue weighted by Crippen LogP contribution is 2.41. The molecule has 8 heteroatoms. The molecule has 4 aliphatic heterocycles. The Bertz CT molecular complexity index is 842. The van der Waals surface area contributed by atoms with Crippen molar-refractivity contribution in [1.29, 1.82) is 0 Å². The molecule has 35 heavy (non-hydrogen) atoms. The van der Waals surface area contributed by atoms with Crippen molar-refractivity contribution in [3.8, 4) is 0 Å². The average Bonchev–Trinajstić information content (AvgIpc) is 3.19. The predicted molar refractivity (Wildman–Crippen MR) is 139 cm³/mol. The molecule has 4 saturated heterocycles. The van der Waals surface area contributed by atoms with Crippen LogP contribution in [0.1, 0.15) is 85.0 Å². The number of likely N-dealkylation sites (tertiary alicyclic amines) is 1. The largest absolute Gasteiger partial charge is 0.342 e. The van der Waals surface area contributed by atoms with Gasteiger partial charge in [0.1, 0.15) is 0 Å². The van der Waals surface area contributed by atoms with E-state index in [4.69, 9.17) is 0 Å². The van der Waals surface area contributed by atoms with Crippen LogP contribution in [-0.4, -0.2) is 78.6 Å². The molecular formula is C27H48N4O3S. The first kappa shape index (κ1) is 25.9. The Morgan fingerprint density at radius 3 is 2.00 bits per heavy atom. The SMILES string of the molecule is CC1CCC(S(=O)(=O)N2CCC(C3CCN4NC(C)C(C(=O)N5CCC(C)CC5)C4C3)CC2)CC1. The fourth-order valence-electron chi connectivity index (χ4n) is 7.79. The summed E-state index contributed by atoms with van der Waals surface area (Å²) in [5, 5.41) is 2.20. The molecule has 1 amide bonds. The van der Waals surface area contributed by atoms with Gasteiger partial charge in [0, 0.05) is 44.8 Å². The highest BCUT2D eigenvalue weighted by atomic mass is 32.2. The summed E-state index contributed by atoms with van der Waals surface area (Å²) in [6.07, 6.45) is 10.2. The molecule has 7 nitrogen and oxygen atoms in total. The number of sulfonamides is 1. The van der Waals surface area contributed by atoms with Gasteiger partial charge in [-0.3, -0.25) is 10.2 Å². The van der Waals surface area contributed by atoms with Crippen LogP contribution in [0.2, 0.25) is 0 Å². The summed E-state index contributed by atoms with van der Waals surface area (Å²) in [6.45, 7) is 10.9. The lowest BCUT2D eigenvalue weighted by Gasteiger charge is -2.43. The van der Waals surface area contributed by atoms with Gasteiger partial charge < -0.3 is 4.90 Å². The number of amides is 1. The van der Waals surface area contributed by atoms with Crippen LogP contribution in [0.3, 0.4) is 0 Å². The minimum atomic E-state index is -3.16. The highest BCUT2D eigenvalue weighted by molar-refractivity contribution is 7.89. The molecule has 200 valence electrons. The minimum Gasteiger partial charge on any atom is -0.342 e. The van der Waals surface area contributed by atoms with Gasteiger partial charge in [-0.15, -0.1) is 0 Å². The van der Waals surface area contributed by atoms with Gasteiger partial charge in [-0.05, 0) is 94.8 Å². The smallest absolute Gasteiger partial charge is 0.228 e. The zero-order chi connectivity index (χ0) is 24.7. The number of hydrogen-bond acceptors (Lipinski definition) is 5. The van der Waals surface area contributed by atoms with Crippen LogP contribution in [0.5, 0.6) is 0 Å². The fourth-order valence-corrected chi connectivity index (χ4v) is 9.80. The van der Waals surface area contributed by atoms with Gasteiger partial charge in [0.2, 0.25) is 15.9 Å².